The van der Waals surface area contributed by atoms with Gasteiger partial charge in [0.2, 0.25) is 0 Å². The monoisotopic (exact) mass is 541 g/mol. The van der Waals surface area contributed by atoms with E-state index < -0.39 is 28.1 Å². The molecule has 0 saturated heterocycles. The number of aromatic carboxylic acids is 1. The Morgan fingerprint density at radius 3 is 2.22 bits per heavy atom. The number of carboxylic acid groups (broad SMARTS) is 1. The number of carbonyl (C=O) groups excluding carboxylic acids is 1. The van der Waals surface area contributed by atoms with Gasteiger partial charge in [0.1, 0.15) is 11.4 Å². The smallest absolute Gasteiger partial charge is 0.545 e. The Bertz CT molecular complexity index is 1540. The van der Waals surface area contributed by atoms with E-state index in [0.29, 0.717) is 16.9 Å². The quantitative estimate of drug-likeness (QED) is 0.318. The van der Waals surface area contributed by atoms with Crippen LogP contribution in [-0.4, -0.2) is 30.1 Å². The number of benzene rings is 2. The second kappa shape index (κ2) is 10.7. The molecule has 0 spiro atoms. The molecule has 4 rings (SSSR count). The van der Waals surface area contributed by atoms with Crippen molar-refractivity contribution in [2.75, 3.05) is 4.31 Å². The van der Waals surface area contributed by atoms with Crippen molar-refractivity contribution in [3.63, 3.8) is 0 Å². The number of fused-ring (bicyclic) bond motifs is 1. The molecule has 8 nitrogen and oxygen atoms in total. The maximum Gasteiger partial charge on any atom is 1.00 e. The molecule has 0 aliphatic heterocycles. The normalized spacial score (nSPS) is 11.7. The van der Waals surface area contributed by atoms with Gasteiger partial charge in [-0.1, -0.05) is 30.3 Å². The van der Waals surface area contributed by atoms with Gasteiger partial charge >= 0.3 is 35.9 Å². The number of nitrogens with zero attached hydrogens (tertiary/aromatic N) is 3. The van der Waals surface area contributed by atoms with E-state index in [-0.39, 0.29) is 52.4 Å². The van der Waals surface area contributed by atoms with Crippen molar-refractivity contribution < 1.29 is 65.8 Å². The van der Waals surface area contributed by atoms with Gasteiger partial charge in [0.15, 0.2) is 5.82 Å². The van der Waals surface area contributed by atoms with Crippen LogP contribution in [-0.2, 0) is 16.6 Å². The number of hydrogen-bond acceptors (Lipinski definition) is 6. The van der Waals surface area contributed by atoms with Crippen molar-refractivity contribution >= 4 is 27.5 Å². The van der Waals surface area contributed by atoms with E-state index in [1.165, 1.54) is 12.1 Å². The summed E-state index contributed by atoms with van der Waals surface area (Å²) in [6.45, 7) is 3.25. The molecule has 0 fully saturated rings. The molecule has 0 saturated carbocycles. The molecule has 0 atom stereocenters. The fourth-order valence-electron chi connectivity index (χ4n) is 3.67. The summed E-state index contributed by atoms with van der Waals surface area (Å²) < 4.78 is 71.6. The Morgan fingerprint density at radius 2 is 1.68 bits per heavy atom. The molecule has 188 valence electrons. The number of alkyl halides is 3. The van der Waals surface area contributed by atoms with E-state index in [4.69, 9.17) is 0 Å². The van der Waals surface area contributed by atoms with Crippen molar-refractivity contribution in [1.82, 2.24) is 9.38 Å². The average molecular weight is 541 g/mol. The van der Waals surface area contributed by atoms with Crippen LogP contribution in [0.2, 0.25) is 0 Å². The van der Waals surface area contributed by atoms with E-state index in [0.717, 1.165) is 46.3 Å². The van der Waals surface area contributed by atoms with Gasteiger partial charge < -0.3 is 19.0 Å². The number of halogens is 3. The molecule has 0 aliphatic carbocycles. The molecule has 0 N–H and O–H groups in total. The Hall–Kier alpha value is -3.06. The number of aryl methyl sites for hydroxylation is 2. The minimum atomic E-state index is -4.86. The molecule has 0 radical (unpaired) electrons. The Labute approximate surface area is 232 Å². The van der Waals surface area contributed by atoms with Gasteiger partial charge in [0.05, 0.1) is 23.1 Å². The number of sulfonamides is 1. The topological polar surface area (TPSA) is 104 Å². The summed E-state index contributed by atoms with van der Waals surface area (Å²) in [6, 6.07) is 12.9. The molecule has 4 aromatic rings. The number of carboxylic acids is 1. The largest absolute Gasteiger partial charge is 1.00 e. The van der Waals surface area contributed by atoms with Crippen LogP contribution in [0.15, 0.2) is 71.8 Å². The number of imidazole rings is 1. The molecule has 2 aromatic carbocycles. The van der Waals surface area contributed by atoms with Crippen LogP contribution in [0.3, 0.4) is 0 Å². The van der Waals surface area contributed by atoms with Gasteiger partial charge in [-0.15, -0.1) is 13.2 Å². The summed E-state index contributed by atoms with van der Waals surface area (Å²) in [7, 11) is -4.28. The van der Waals surface area contributed by atoms with Crippen molar-refractivity contribution in [3.8, 4) is 5.75 Å². The molecule has 2 aromatic heterocycles. The summed E-state index contributed by atoms with van der Waals surface area (Å²) in [6.07, 6.45) is -3.13. The van der Waals surface area contributed by atoms with E-state index >= 15 is 0 Å². The third kappa shape index (κ3) is 6.09. The van der Waals surface area contributed by atoms with E-state index in [9.17, 15) is 31.5 Å². The van der Waals surface area contributed by atoms with Crippen LogP contribution in [0.5, 0.6) is 5.75 Å². The first kappa shape index (κ1) is 28.5. The van der Waals surface area contributed by atoms with E-state index in [1.807, 2.05) is 13.0 Å². The van der Waals surface area contributed by atoms with E-state index in [2.05, 4.69) is 9.72 Å². The summed E-state index contributed by atoms with van der Waals surface area (Å²) >= 11 is 0. The maximum atomic E-state index is 13.7. The second-order valence-corrected chi connectivity index (χ2v) is 9.78. The van der Waals surface area contributed by atoms with Crippen LogP contribution in [0.4, 0.5) is 19.0 Å². The first-order chi connectivity index (χ1) is 16.9. The summed E-state index contributed by atoms with van der Waals surface area (Å²) in [4.78, 5) is 15.4. The third-order valence-corrected chi connectivity index (χ3v) is 7.21. The maximum absolute atomic E-state index is 13.7. The van der Waals surface area contributed by atoms with Gasteiger partial charge in [-0.05, 0) is 60.9 Å². The molecule has 13 heteroatoms. The minimum Gasteiger partial charge on any atom is -0.545 e. The molecular weight excluding hydrogens is 522 g/mol. The second-order valence-electron chi connectivity index (χ2n) is 7.92. The number of pyridine rings is 1. The number of rotatable bonds is 7. The van der Waals surface area contributed by atoms with Crippen molar-refractivity contribution in [2.45, 2.75) is 31.7 Å². The van der Waals surface area contributed by atoms with Gasteiger partial charge in [-0.3, -0.25) is 0 Å². The zero-order valence-electron chi connectivity index (χ0n) is 20.0. The van der Waals surface area contributed by atoms with Crippen molar-refractivity contribution in [2.24, 2.45) is 0 Å². The average Bonchev–Trinajstić information content (AvgIpc) is 3.15. The number of hydrogen-bond donors (Lipinski definition) is 0. The fraction of sp³-hybridized carbons (Fsp3) is 0.167. The fourth-order valence-corrected chi connectivity index (χ4v) is 5.13. The predicted molar refractivity (Wildman–Crippen MR) is 122 cm³/mol. The number of carbonyl (C=O) groups is 1. The molecule has 0 amide bonds. The molecule has 0 unspecified atom stereocenters. The number of anilines is 1. The van der Waals surface area contributed by atoms with Crippen LogP contribution in [0.25, 0.3) is 5.65 Å². The van der Waals surface area contributed by atoms with Crippen molar-refractivity contribution in [1.29, 1.82) is 0 Å². The Balaban J connectivity index is 0.00000380. The SMILES string of the molecule is Cc1cccn2c(C)c(N(Cc3ccc(OC(F)(F)F)cc3)S(=O)(=O)c3ccc(C(=O)[O-])cc3)nc12.[Na+]. The van der Waals surface area contributed by atoms with Gasteiger partial charge in [-0.25, -0.2) is 17.7 Å². The first-order valence-corrected chi connectivity index (χ1v) is 11.9. The zero-order chi connectivity index (χ0) is 26.3. The minimum absolute atomic E-state index is 0. The van der Waals surface area contributed by atoms with Crippen molar-refractivity contribution in [3.05, 3.63) is 89.2 Å². The molecule has 37 heavy (non-hydrogen) atoms. The number of aromatic nitrogens is 2. The van der Waals surface area contributed by atoms with E-state index in [1.54, 1.807) is 23.6 Å². The number of ether oxygens (including phenoxy) is 1. The summed E-state index contributed by atoms with van der Waals surface area (Å²) in [5.74, 6) is -1.79. The summed E-state index contributed by atoms with van der Waals surface area (Å²) in [5, 5.41) is 11.1. The Morgan fingerprint density at radius 1 is 1.05 bits per heavy atom. The van der Waals surface area contributed by atoms with Gasteiger partial charge in [-0.2, -0.15) is 0 Å². The molecular formula is C24H19F3N3NaO5S. The van der Waals surface area contributed by atoms with Gasteiger partial charge in [0, 0.05) is 6.20 Å². The van der Waals surface area contributed by atoms with Crippen LogP contribution < -0.4 is 43.7 Å². The molecule has 2 heterocycles. The van der Waals surface area contributed by atoms with Crippen LogP contribution in [0, 0.1) is 13.8 Å². The zero-order valence-corrected chi connectivity index (χ0v) is 22.8. The van der Waals surface area contributed by atoms with Crippen LogP contribution in [0.1, 0.15) is 27.2 Å². The third-order valence-electron chi connectivity index (χ3n) is 5.46. The van der Waals surface area contributed by atoms with Crippen LogP contribution >= 0.6 is 0 Å². The predicted octanol–water partition coefficient (Wildman–Crippen LogP) is 0.613. The molecule has 0 bridgehead atoms. The van der Waals surface area contributed by atoms with Gasteiger partial charge in [0.25, 0.3) is 10.0 Å². The Kier molecular flexibility index (Phi) is 8.27. The standard InChI is InChI=1S/C24H20F3N3O5S.Na/c1-15-4-3-13-29-16(2)22(28-21(15)29)30(14-17-5-9-19(10-6-17)35-24(25,26)27)36(33,34)20-11-7-18(8-12-20)23(31)32;/h3-13H,14H2,1-2H3,(H,31,32);/q;+1/p-1. The molecule has 0 aliphatic rings. The first-order valence-electron chi connectivity index (χ1n) is 10.5. The summed E-state index contributed by atoms with van der Waals surface area (Å²) in [5.41, 5.74) is 2.02.